The smallest absolute Gasteiger partial charge is 0.174 e. The number of hydrogen-bond donors (Lipinski definition) is 5. The quantitative estimate of drug-likeness (QED) is 0.252. The number of allylic oxidation sites excluding steroid dienone is 6. The number of phenolic OH excluding ortho intramolecular Hbond substituents is 5. The monoisotopic (exact) mass is 508 g/mol. The van der Waals surface area contributed by atoms with E-state index in [2.05, 4.69) is 6.08 Å². The number of aromatic hydroxyl groups is 5. The van der Waals surface area contributed by atoms with Gasteiger partial charge in [-0.2, -0.15) is 0 Å². The molecule has 5 N–H and O–H groups in total. The summed E-state index contributed by atoms with van der Waals surface area (Å²) in [6, 6.07) is 2.10. The van der Waals surface area contributed by atoms with Gasteiger partial charge >= 0.3 is 0 Å². The van der Waals surface area contributed by atoms with Crippen molar-refractivity contribution in [3.8, 4) is 34.5 Å². The Morgan fingerprint density at radius 2 is 1.46 bits per heavy atom. The minimum atomic E-state index is -1.08. The summed E-state index contributed by atoms with van der Waals surface area (Å²) >= 11 is 0. The van der Waals surface area contributed by atoms with Gasteiger partial charge in [-0.05, 0) is 60.3 Å². The van der Waals surface area contributed by atoms with E-state index in [0.717, 1.165) is 36.1 Å². The van der Waals surface area contributed by atoms with Crippen LogP contribution >= 0.6 is 0 Å². The third-order valence-corrected chi connectivity index (χ3v) is 6.41. The molecule has 0 spiro atoms. The van der Waals surface area contributed by atoms with E-state index in [0.29, 0.717) is 5.56 Å². The van der Waals surface area contributed by atoms with Crippen molar-refractivity contribution >= 4 is 5.78 Å². The molecule has 1 heterocycles. The van der Waals surface area contributed by atoms with Crippen molar-refractivity contribution in [1.82, 2.24) is 0 Å². The fourth-order valence-electron chi connectivity index (χ4n) is 4.41. The maximum Gasteiger partial charge on any atom is 0.174 e. The maximum absolute atomic E-state index is 13.3. The Kier molecular flexibility index (Phi) is 8.58. The number of ether oxygens (including phenoxy) is 1. The maximum atomic E-state index is 13.3. The molecule has 198 valence electrons. The van der Waals surface area contributed by atoms with Crippen molar-refractivity contribution in [2.75, 3.05) is 0 Å². The Labute approximate surface area is 217 Å². The Morgan fingerprint density at radius 3 is 2.05 bits per heavy atom. The van der Waals surface area contributed by atoms with Crippen LogP contribution in [0.25, 0.3) is 0 Å². The predicted octanol–water partition coefficient (Wildman–Crippen LogP) is 6.67. The molecular weight excluding hydrogens is 472 g/mol. The molecule has 1 aliphatic heterocycles. The molecule has 2 aromatic rings. The number of benzene rings is 2. The van der Waals surface area contributed by atoms with Gasteiger partial charge < -0.3 is 30.3 Å². The van der Waals surface area contributed by atoms with Gasteiger partial charge in [0.2, 0.25) is 0 Å². The first-order valence-electron chi connectivity index (χ1n) is 12.4. The minimum absolute atomic E-state index is 0.0189. The van der Waals surface area contributed by atoms with E-state index in [4.69, 9.17) is 4.74 Å². The average molecular weight is 509 g/mol. The fraction of sp³-hybridized carbons (Fsp3) is 0.367. The predicted molar refractivity (Wildman–Crippen MR) is 143 cm³/mol. The van der Waals surface area contributed by atoms with E-state index in [1.165, 1.54) is 5.57 Å². The average Bonchev–Trinajstić information content (AvgIpc) is 2.77. The van der Waals surface area contributed by atoms with Crippen LogP contribution in [0.5, 0.6) is 34.5 Å². The van der Waals surface area contributed by atoms with E-state index in [1.54, 1.807) is 0 Å². The second-order valence-electron chi connectivity index (χ2n) is 10.1. The van der Waals surface area contributed by atoms with E-state index in [9.17, 15) is 30.3 Å². The number of carbonyl (C=O) groups is 1. The van der Waals surface area contributed by atoms with E-state index in [-0.39, 0.29) is 59.0 Å². The number of phenols is 5. The highest BCUT2D eigenvalue weighted by molar-refractivity contribution is 6.04. The van der Waals surface area contributed by atoms with Crippen LogP contribution in [0.15, 0.2) is 47.1 Å². The molecule has 3 rings (SSSR count). The standard InChI is InChI=1S/C30H36O7/c1-16(2)7-6-8-18(5)10-12-20-28(35)21(11-9-17(3)4)30-27(29(20)36)24(34)15-25(37-30)26-22(32)13-19(31)14-23(26)33/h7,9-10,13-14,25,31-33,35-36H,6,8,11-12,15H2,1-5H3. The number of carbonyl (C=O) groups excluding carboxylic acids is 1. The molecule has 0 saturated heterocycles. The molecule has 0 bridgehead atoms. The summed E-state index contributed by atoms with van der Waals surface area (Å²) in [7, 11) is 0. The summed E-state index contributed by atoms with van der Waals surface area (Å²) in [4.78, 5) is 13.3. The van der Waals surface area contributed by atoms with Crippen LogP contribution in [0.3, 0.4) is 0 Å². The summed E-state index contributed by atoms with van der Waals surface area (Å²) in [6.45, 7) is 9.90. The van der Waals surface area contributed by atoms with Gasteiger partial charge in [-0.25, -0.2) is 0 Å². The van der Waals surface area contributed by atoms with Crippen LogP contribution < -0.4 is 4.74 Å². The van der Waals surface area contributed by atoms with Gasteiger partial charge in [-0.15, -0.1) is 0 Å². The van der Waals surface area contributed by atoms with Gasteiger partial charge in [0.1, 0.15) is 46.2 Å². The van der Waals surface area contributed by atoms with E-state index >= 15 is 0 Å². The zero-order valence-corrected chi connectivity index (χ0v) is 22.1. The molecule has 0 fully saturated rings. The summed E-state index contributed by atoms with van der Waals surface area (Å²) in [5.74, 6) is -2.10. The highest BCUT2D eigenvalue weighted by Gasteiger charge is 2.37. The van der Waals surface area contributed by atoms with Gasteiger partial charge in [-0.3, -0.25) is 4.79 Å². The Bertz CT molecular complexity index is 1270. The van der Waals surface area contributed by atoms with Gasteiger partial charge in [0.15, 0.2) is 5.78 Å². The lowest BCUT2D eigenvalue weighted by molar-refractivity contribution is 0.0836. The van der Waals surface area contributed by atoms with E-state index < -0.39 is 23.4 Å². The van der Waals surface area contributed by atoms with Crippen LogP contribution in [0, 0.1) is 0 Å². The number of hydrogen-bond acceptors (Lipinski definition) is 7. The third-order valence-electron chi connectivity index (χ3n) is 6.41. The largest absolute Gasteiger partial charge is 0.508 e. The van der Waals surface area contributed by atoms with Crippen molar-refractivity contribution in [3.05, 3.63) is 69.3 Å². The molecule has 1 atom stereocenters. The summed E-state index contributed by atoms with van der Waals surface area (Å²) in [5, 5.41) is 52.7. The summed E-state index contributed by atoms with van der Waals surface area (Å²) in [5.41, 5.74) is 3.86. The molecule has 0 amide bonds. The molecule has 1 unspecified atom stereocenters. The lowest BCUT2D eigenvalue weighted by atomic mass is 9.88. The van der Waals surface area contributed by atoms with Crippen molar-refractivity contribution in [2.45, 2.75) is 72.8 Å². The first kappa shape index (κ1) is 27.7. The molecule has 1 aliphatic rings. The first-order chi connectivity index (χ1) is 17.4. The number of fused-ring (bicyclic) bond motifs is 1. The van der Waals surface area contributed by atoms with Crippen LogP contribution in [0.2, 0.25) is 0 Å². The number of rotatable bonds is 8. The minimum Gasteiger partial charge on any atom is -0.508 e. The van der Waals surface area contributed by atoms with Crippen LogP contribution in [-0.4, -0.2) is 31.3 Å². The highest BCUT2D eigenvalue weighted by atomic mass is 16.5. The topological polar surface area (TPSA) is 127 Å². The van der Waals surface area contributed by atoms with Crippen molar-refractivity contribution in [1.29, 1.82) is 0 Å². The molecule has 37 heavy (non-hydrogen) atoms. The highest BCUT2D eigenvalue weighted by Crippen LogP contribution is 2.50. The zero-order chi connectivity index (χ0) is 27.4. The van der Waals surface area contributed by atoms with Crippen LogP contribution in [0.4, 0.5) is 0 Å². The normalized spacial score (nSPS) is 15.1. The molecule has 2 aromatic carbocycles. The second-order valence-corrected chi connectivity index (χ2v) is 10.1. The van der Waals surface area contributed by atoms with Gasteiger partial charge in [0.05, 0.1) is 12.0 Å². The molecule has 7 heteroatoms. The Balaban J connectivity index is 2.08. The molecule has 0 radical (unpaired) electrons. The van der Waals surface area contributed by atoms with Crippen molar-refractivity contribution < 1.29 is 35.1 Å². The van der Waals surface area contributed by atoms with Gasteiger partial charge in [0.25, 0.3) is 0 Å². The second kappa shape index (κ2) is 11.5. The Morgan fingerprint density at radius 1 is 0.865 bits per heavy atom. The molecule has 0 saturated carbocycles. The van der Waals surface area contributed by atoms with Crippen LogP contribution in [-0.2, 0) is 12.8 Å². The van der Waals surface area contributed by atoms with E-state index in [1.807, 2.05) is 46.8 Å². The molecule has 0 aliphatic carbocycles. The number of ketones is 1. The summed E-state index contributed by atoms with van der Waals surface area (Å²) in [6.07, 6.45) is 6.86. The fourth-order valence-corrected chi connectivity index (χ4v) is 4.41. The Hall–Kier alpha value is -3.87. The first-order valence-corrected chi connectivity index (χ1v) is 12.4. The number of Topliss-reactive ketones (excluding diaryl/α,β-unsaturated/α-hetero) is 1. The van der Waals surface area contributed by atoms with Crippen LogP contribution in [0.1, 0.15) is 87.0 Å². The lowest BCUT2D eigenvalue weighted by Gasteiger charge is -2.30. The zero-order valence-electron chi connectivity index (χ0n) is 22.1. The van der Waals surface area contributed by atoms with Crippen molar-refractivity contribution in [2.24, 2.45) is 0 Å². The molecular formula is C30H36O7. The van der Waals surface area contributed by atoms with Gasteiger partial charge in [-0.1, -0.05) is 34.9 Å². The third kappa shape index (κ3) is 6.28. The lowest BCUT2D eigenvalue weighted by Crippen LogP contribution is -2.22. The summed E-state index contributed by atoms with van der Waals surface area (Å²) < 4.78 is 6.08. The van der Waals surface area contributed by atoms with Crippen molar-refractivity contribution in [3.63, 3.8) is 0 Å². The SMILES string of the molecule is CC(C)=CCCC(C)=CCc1c(O)c(CC=C(C)C)c2c(c1O)C(=O)CC(c1c(O)cc(O)cc1O)O2. The van der Waals surface area contributed by atoms with Gasteiger partial charge in [0, 0.05) is 23.3 Å². The molecule has 0 aromatic heterocycles. The molecule has 7 nitrogen and oxygen atoms in total.